The minimum Gasteiger partial charge on any atom is -0.490 e. The molecular weight excluding hydrogens is 386 g/mol. The van der Waals surface area contributed by atoms with Crippen LogP contribution < -0.4 is 10.1 Å². The second-order valence-corrected chi connectivity index (χ2v) is 7.57. The van der Waals surface area contributed by atoms with Crippen LogP contribution in [0.5, 0.6) is 5.75 Å². The van der Waals surface area contributed by atoms with Crippen LogP contribution in [0.4, 0.5) is 0 Å². The molecule has 2 unspecified atom stereocenters. The van der Waals surface area contributed by atoms with Crippen molar-refractivity contribution in [2.24, 2.45) is 0 Å². The van der Waals surface area contributed by atoms with Gasteiger partial charge in [-0.1, -0.05) is 35.9 Å². The van der Waals surface area contributed by atoms with Crippen LogP contribution in [0.15, 0.2) is 42.6 Å². The second kappa shape index (κ2) is 9.70. The number of carbonyl (C=O) groups excluding carboxylic acids is 1. The Hall–Kier alpha value is -2.66. The Balaban J connectivity index is 1.63. The van der Waals surface area contributed by atoms with Gasteiger partial charge in [0, 0.05) is 13.3 Å². The first-order valence-corrected chi connectivity index (χ1v) is 10.2. The topological polar surface area (TPSA) is 64.1 Å². The highest BCUT2D eigenvalue weighted by Gasteiger charge is 2.20. The number of aromatic nitrogens is 2. The number of nitrogens with zero attached hydrogens (tertiary/aromatic N) is 2. The van der Waals surface area contributed by atoms with E-state index in [1.165, 1.54) is 6.92 Å². The van der Waals surface area contributed by atoms with Gasteiger partial charge >= 0.3 is 0 Å². The molecule has 3 rings (SSSR count). The monoisotopic (exact) mass is 411 g/mol. The maximum absolute atomic E-state index is 11.2. The molecule has 0 bridgehead atoms. The van der Waals surface area contributed by atoms with Gasteiger partial charge in [-0.25, -0.2) is 9.97 Å². The number of rotatable bonds is 6. The number of ether oxygens (including phenoxy) is 1. The van der Waals surface area contributed by atoms with E-state index in [1.54, 1.807) is 6.20 Å². The summed E-state index contributed by atoms with van der Waals surface area (Å²) < 4.78 is 6.14. The van der Waals surface area contributed by atoms with Crippen LogP contribution in [-0.2, 0) is 4.79 Å². The molecule has 1 aromatic carbocycles. The van der Waals surface area contributed by atoms with Crippen molar-refractivity contribution in [3.8, 4) is 5.75 Å². The molecule has 1 aromatic heterocycles. The van der Waals surface area contributed by atoms with Gasteiger partial charge in [0.1, 0.15) is 11.9 Å². The summed E-state index contributed by atoms with van der Waals surface area (Å²) in [6.07, 6.45) is 10.3. The smallest absolute Gasteiger partial charge is 0.217 e. The molecule has 0 saturated heterocycles. The summed E-state index contributed by atoms with van der Waals surface area (Å²) >= 11 is 6.32. The predicted octanol–water partition coefficient (Wildman–Crippen LogP) is 5.38. The molecule has 1 heterocycles. The Kier molecular flexibility index (Phi) is 7.04. The van der Waals surface area contributed by atoms with Crippen LogP contribution in [0.3, 0.4) is 0 Å². The lowest BCUT2D eigenvalue weighted by atomic mass is 9.94. The molecule has 0 radical (unpaired) electrons. The van der Waals surface area contributed by atoms with Gasteiger partial charge in [-0.15, -0.1) is 0 Å². The number of hydrogen-bond acceptors (Lipinski definition) is 4. The number of hydrogen-bond donors (Lipinski definition) is 1. The molecule has 1 aliphatic carbocycles. The van der Waals surface area contributed by atoms with E-state index >= 15 is 0 Å². The number of halogens is 1. The summed E-state index contributed by atoms with van der Waals surface area (Å²) in [5.41, 5.74) is 3.00. The van der Waals surface area contributed by atoms with Crippen LogP contribution in [0.2, 0.25) is 5.02 Å². The van der Waals surface area contributed by atoms with Crippen LogP contribution >= 0.6 is 11.6 Å². The predicted molar refractivity (Wildman–Crippen MR) is 117 cm³/mol. The third kappa shape index (κ3) is 5.67. The summed E-state index contributed by atoms with van der Waals surface area (Å²) in [5, 5.41) is 3.46. The number of nitrogens with one attached hydrogen (secondary N) is 1. The zero-order valence-electron chi connectivity index (χ0n) is 17.0. The second-order valence-electron chi connectivity index (χ2n) is 7.16. The van der Waals surface area contributed by atoms with E-state index in [0.29, 0.717) is 10.8 Å². The van der Waals surface area contributed by atoms with Gasteiger partial charge in [-0.05, 0) is 56.0 Å². The van der Waals surface area contributed by atoms with Gasteiger partial charge in [0.2, 0.25) is 5.91 Å². The Morgan fingerprint density at radius 2 is 2.10 bits per heavy atom. The van der Waals surface area contributed by atoms with Crippen molar-refractivity contribution in [2.45, 2.75) is 52.2 Å². The zero-order valence-corrected chi connectivity index (χ0v) is 17.7. The van der Waals surface area contributed by atoms with Crippen LogP contribution in [0.25, 0.3) is 11.6 Å². The Morgan fingerprint density at radius 1 is 1.34 bits per heavy atom. The van der Waals surface area contributed by atoms with E-state index in [4.69, 9.17) is 16.3 Å². The fraction of sp³-hybridized carbons (Fsp3) is 0.348. The average molecular weight is 412 g/mol. The fourth-order valence-electron chi connectivity index (χ4n) is 3.38. The number of carbonyl (C=O) groups is 1. The normalized spacial score (nSPS) is 17.7. The van der Waals surface area contributed by atoms with E-state index in [0.717, 1.165) is 41.8 Å². The molecule has 6 heteroatoms. The first kappa shape index (κ1) is 21.1. The Bertz CT molecular complexity index is 922. The van der Waals surface area contributed by atoms with Gasteiger partial charge in [0.25, 0.3) is 0 Å². The van der Waals surface area contributed by atoms with E-state index in [2.05, 4.69) is 21.4 Å². The fourth-order valence-corrected chi connectivity index (χ4v) is 3.60. The highest BCUT2D eigenvalue weighted by atomic mass is 35.5. The average Bonchev–Trinajstić information content (AvgIpc) is 2.70. The molecule has 0 spiro atoms. The lowest BCUT2D eigenvalue weighted by molar-refractivity contribution is -0.119. The minimum atomic E-state index is -0.0377. The quantitative estimate of drug-likeness (QED) is 0.693. The number of allylic oxidation sites excluding steroid dienone is 2. The molecule has 2 aromatic rings. The molecule has 1 aliphatic rings. The molecule has 152 valence electrons. The Morgan fingerprint density at radius 3 is 2.72 bits per heavy atom. The number of amides is 1. The maximum Gasteiger partial charge on any atom is 0.217 e. The molecule has 5 nitrogen and oxygen atoms in total. The molecule has 2 atom stereocenters. The third-order valence-corrected chi connectivity index (χ3v) is 5.12. The van der Waals surface area contributed by atoms with Crippen LogP contribution in [0.1, 0.15) is 63.2 Å². The molecule has 1 N–H and O–H groups in total. The molecule has 0 fully saturated rings. The van der Waals surface area contributed by atoms with Gasteiger partial charge in [0.05, 0.1) is 23.0 Å². The van der Waals surface area contributed by atoms with Crippen molar-refractivity contribution in [1.82, 2.24) is 15.3 Å². The van der Waals surface area contributed by atoms with Crippen LogP contribution in [-0.4, -0.2) is 22.0 Å². The van der Waals surface area contributed by atoms with E-state index in [-0.39, 0.29) is 18.1 Å². The first-order chi connectivity index (χ1) is 14.0. The van der Waals surface area contributed by atoms with E-state index in [1.807, 2.05) is 50.3 Å². The lowest BCUT2D eigenvalue weighted by Gasteiger charge is -2.23. The van der Waals surface area contributed by atoms with Gasteiger partial charge < -0.3 is 10.1 Å². The SMILES string of the molecule is CC=Cc1ncc(Cl)c(C2=CCC(Oc3ccc(C(C)NC(C)=O)cc3)CC2)n1. The van der Waals surface area contributed by atoms with Crippen molar-refractivity contribution >= 4 is 29.2 Å². The molecule has 1 amide bonds. The molecular formula is C23H26ClN3O2. The highest BCUT2D eigenvalue weighted by Crippen LogP contribution is 2.32. The zero-order chi connectivity index (χ0) is 20.8. The highest BCUT2D eigenvalue weighted by molar-refractivity contribution is 6.32. The molecule has 0 aliphatic heterocycles. The summed E-state index contributed by atoms with van der Waals surface area (Å²) in [7, 11) is 0. The van der Waals surface area contributed by atoms with Crippen molar-refractivity contribution in [3.63, 3.8) is 0 Å². The summed E-state index contributed by atoms with van der Waals surface area (Å²) in [6.45, 7) is 5.42. The number of benzene rings is 1. The van der Waals surface area contributed by atoms with Crippen molar-refractivity contribution in [2.75, 3.05) is 0 Å². The lowest BCUT2D eigenvalue weighted by Crippen LogP contribution is -2.23. The van der Waals surface area contributed by atoms with E-state index in [9.17, 15) is 4.79 Å². The van der Waals surface area contributed by atoms with Gasteiger partial charge in [-0.3, -0.25) is 4.79 Å². The first-order valence-electron chi connectivity index (χ1n) is 9.84. The Labute approximate surface area is 176 Å². The van der Waals surface area contributed by atoms with Gasteiger partial charge in [0.15, 0.2) is 5.82 Å². The van der Waals surface area contributed by atoms with E-state index < -0.39 is 0 Å². The maximum atomic E-state index is 11.2. The minimum absolute atomic E-state index is 0.0215. The summed E-state index contributed by atoms with van der Waals surface area (Å²) in [6, 6.07) is 7.87. The molecule has 0 saturated carbocycles. The molecule has 29 heavy (non-hydrogen) atoms. The van der Waals surface area contributed by atoms with Crippen molar-refractivity contribution in [1.29, 1.82) is 0 Å². The summed E-state index contributed by atoms with van der Waals surface area (Å²) in [4.78, 5) is 20.0. The third-order valence-electron chi connectivity index (χ3n) is 4.85. The summed E-state index contributed by atoms with van der Waals surface area (Å²) in [5.74, 6) is 1.46. The van der Waals surface area contributed by atoms with Crippen molar-refractivity contribution in [3.05, 3.63) is 64.7 Å². The standard InChI is InChI=1S/C23H26ClN3O2/c1-4-5-22-25-14-21(24)23(27-22)18-8-12-20(13-9-18)29-19-10-6-17(7-11-19)15(2)26-16(3)28/h4-8,10-11,14-15,20H,9,12-13H2,1-3H3,(H,26,28). The van der Waals surface area contributed by atoms with Crippen molar-refractivity contribution < 1.29 is 9.53 Å². The van der Waals surface area contributed by atoms with Gasteiger partial charge in [-0.2, -0.15) is 0 Å². The van der Waals surface area contributed by atoms with Crippen LogP contribution in [0, 0.1) is 0 Å². The largest absolute Gasteiger partial charge is 0.490 e.